The Hall–Kier alpha value is -1.35. The number of hydrogen-bond acceptors (Lipinski definition) is 3. The molecule has 1 N–H and O–H groups in total. The molecular formula is C14H17NO2. The lowest BCUT2D eigenvalue weighted by atomic mass is 9.94. The van der Waals surface area contributed by atoms with Gasteiger partial charge in [0, 0.05) is 6.54 Å². The lowest BCUT2D eigenvalue weighted by Crippen LogP contribution is -2.44. The maximum absolute atomic E-state index is 11.9. The predicted molar refractivity (Wildman–Crippen MR) is 64.5 cm³/mol. The Labute approximate surface area is 101 Å². The van der Waals surface area contributed by atoms with Gasteiger partial charge in [0.05, 0.1) is 0 Å². The average molecular weight is 231 g/mol. The molecule has 3 rings (SSSR count). The third-order valence-corrected chi connectivity index (χ3v) is 3.70. The van der Waals surface area contributed by atoms with Crippen molar-refractivity contribution in [3.8, 4) is 0 Å². The summed E-state index contributed by atoms with van der Waals surface area (Å²) in [4.78, 5) is 11.9. The van der Waals surface area contributed by atoms with Crippen molar-refractivity contribution in [2.75, 3.05) is 0 Å². The van der Waals surface area contributed by atoms with Crippen LogP contribution in [0.1, 0.15) is 30.4 Å². The fourth-order valence-electron chi connectivity index (χ4n) is 2.36. The number of carbonyl (C=O) groups excluding carboxylic acids is 1. The standard InChI is InChI=1S/C14H17NO2/c16-14(17-12-6-3-7-12)13-8-10-4-1-2-5-11(10)9-15-13/h1-2,4-5,12-13,15H,3,6-9H2/t13-/m1/s1. The number of carbonyl (C=O) groups is 1. The summed E-state index contributed by atoms with van der Waals surface area (Å²) in [5, 5.41) is 3.25. The van der Waals surface area contributed by atoms with Crippen LogP contribution in [0.2, 0.25) is 0 Å². The summed E-state index contributed by atoms with van der Waals surface area (Å²) in [5.41, 5.74) is 2.56. The van der Waals surface area contributed by atoms with Crippen molar-refractivity contribution in [2.45, 2.75) is 44.4 Å². The summed E-state index contributed by atoms with van der Waals surface area (Å²) in [6, 6.07) is 8.10. The van der Waals surface area contributed by atoms with E-state index in [9.17, 15) is 4.79 Å². The molecule has 1 aliphatic heterocycles. The third-order valence-electron chi connectivity index (χ3n) is 3.70. The molecule has 3 nitrogen and oxygen atoms in total. The molecule has 0 amide bonds. The van der Waals surface area contributed by atoms with E-state index < -0.39 is 0 Å². The maximum Gasteiger partial charge on any atom is 0.323 e. The Bertz CT molecular complexity index is 426. The van der Waals surface area contributed by atoms with Gasteiger partial charge in [0.1, 0.15) is 12.1 Å². The molecule has 3 heteroatoms. The predicted octanol–water partition coefficient (Wildman–Crippen LogP) is 1.80. The van der Waals surface area contributed by atoms with E-state index in [0.29, 0.717) is 0 Å². The van der Waals surface area contributed by atoms with E-state index >= 15 is 0 Å². The Morgan fingerprint density at radius 2 is 2.00 bits per heavy atom. The number of rotatable bonds is 2. The van der Waals surface area contributed by atoms with Crippen molar-refractivity contribution in [2.24, 2.45) is 0 Å². The summed E-state index contributed by atoms with van der Waals surface area (Å²) < 4.78 is 5.44. The second-order valence-electron chi connectivity index (χ2n) is 4.90. The van der Waals surface area contributed by atoms with E-state index in [1.54, 1.807) is 0 Å². The normalized spacial score (nSPS) is 23.6. The van der Waals surface area contributed by atoms with Crippen LogP contribution in [0, 0.1) is 0 Å². The van der Waals surface area contributed by atoms with Crippen molar-refractivity contribution < 1.29 is 9.53 Å². The SMILES string of the molecule is O=C(OC1CCC1)[C@H]1Cc2ccccc2CN1. The number of benzene rings is 1. The van der Waals surface area contributed by atoms with Gasteiger partial charge in [-0.1, -0.05) is 24.3 Å². The molecule has 0 radical (unpaired) electrons. The zero-order valence-corrected chi connectivity index (χ0v) is 9.82. The van der Waals surface area contributed by atoms with Gasteiger partial charge in [-0.05, 0) is 36.8 Å². The lowest BCUT2D eigenvalue weighted by molar-refractivity contribution is -0.155. The number of ether oxygens (including phenoxy) is 1. The fourth-order valence-corrected chi connectivity index (χ4v) is 2.36. The largest absolute Gasteiger partial charge is 0.461 e. The summed E-state index contributed by atoms with van der Waals surface area (Å²) in [5.74, 6) is -0.0794. The highest BCUT2D eigenvalue weighted by molar-refractivity contribution is 5.77. The first-order chi connectivity index (χ1) is 8.33. The molecule has 1 saturated carbocycles. The molecule has 0 aromatic heterocycles. The molecule has 90 valence electrons. The van der Waals surface area contributed by atoms with Crippen molar-refractivity contribution in [1.29, 1.82) is 0 Å². The maximum atomic E-state index is 11.9. The fraction of sp³-hybridized carbons (Fsp3) is 0.500. The van der Waals surface area contributed by atoms with Crippen LogP contribution in [0.15, 0.2) is 24.3 Å². The summed E-state index contributed by atoms with van der Waals surface area (Å²) >= 11 is 0. The van der Waals surface area contributed by atoms with Crippen LogP contribution in [-0.4, -0.2) is 18.1 Å². The molecule has 0 unspecified atom stereocenters. The molecule has 1 aromatic carbocycles. The average Bonchev–Trinajstić information content (AvgIpc) is 2.33. The van der Waals surface area contributed by atoms with Crippen LogP contribution in [0.25, 0.3) is 0 Å². The van der Waals surface area contributed by atoms with Crippen molar-refractivity contribution in [1.82, 2.24) is 5.32 Å². The zero-order chi connectivity index (χ0) is 11.7. The highest BCUT2D eigenvalue weighted by Crippen LogP contribution is 2.23. The molecule has 17 heavy (non-hydrogen) atoms. The lowest BCUT2D eigenvalue weighted by Gasteiger charge is -2.30. The number of fused-ring (bicyclic) bond motifs is 1. The zero-order valence-electron chi connectivity index (χ0n) is 9.82. The second kappa shape index (κ2) is 4.49. The van der Waals surface area contributed by atoms with Gasteiger partial charge in [-0.25, -0.2) is 0 Å². The van der Waals surface area contributed by atoms with Crippen molar-refractivity contribution >= 4 is 5.97 Å². The van der Waals surface area contributed by atoms with Crippen LogP contribution in [0.4, 0.5) is 0 Å². The number of nitrogens with one attached hydrogen (secondary N) is 1. The van der Waals surface area contributed by atoms with Crippen LogP contribution >= 0.6 is 0 Å². The monoisotopic (exact) mass is 231 g/mol. The van der Waals surface area contributed by atoms with Crippen LogP contribution in [-0.2, 0) is 22.5 Å². The van der Waals surface area contributed by atoms with Crippen LogP contribution < -0.4 is 5.32 Å². The van der Waals surface area contributed by atoms with E-state index in [0.717, 1.165) is 25.8 Å². The van der Waals surface area contributed by atoms with Gasteiger partial charge in [-0.2, -0.15) is 0 Å². The van der Waals surface area contributed by atoms with E-state index in [2.05, 4.69) is 17.4 Å². The topological polar surface area (TPSA) is 38.3 Å². The van der Waals surface area contributed by atoms with Crippen LogP contribution in [0.5, 0.6) is 0 Å². The van der Waals surface area contributed by atoms with Gasteiger partial charge >= 0.3 is 5.97 Å². The quantitative estimate of drug-likeness (QED) is 0.789. The Morgan fingerprint density at radius 1 is 1.24 bits per heavy atom. The molecule has 1 fully saturated rings. The molecule has 0 spiro atoms. The van der Waals surface area contributed by atoms with Gasteiger partial charge < -0.3 is 10.1 Å². The van der Waals surface area contributed by atoms with Gasteiger partial charge in [0.2, 0.25) is 0 Å². The molecule has 2 aliphatic rings. The number of hydrogen-bond donors (Lipinski definition) is 1. The van der Waals surface area contributed by atoms with Gasteiger partial charge in [-0.15, -0.1) is 0 Å². The van der Waals surface area contributed by atoms with Crippen molar-refractivity contribution in [3.05, 3.63) is 35.4 Å². The van der Waals surface area contributed by atoms with Gasteiger partial charge in [-0.3, -0.25) is 4.79 Å². The summed E-state index contributed by atoms with van der Waals surface area (Å²) in [6.45, 7) is 0.764. The molecular weight excluding hydrogens is 214 g/mol. The second-order valence-corrected chi connectivity index (χ2v) is 4.90. The minimum atomic E-state index is -0.162. The van der Waals surface area contributed by atoms with E-state index in [4.69, 9.17) is 4.74 Å². The molecule has 1 atom stereocenters. The highest BCUT2D eigenvalue weighted by atomic mass is 16.5. The minimum Gasteiger partial charge on any atom is -0.461 e. The smallest absolute Gasteiger partial charge is 0.323 e. The Kier molecular flexibility index (Phi) is 2.85. The van der Waals surface area contributed by atoms with E-state index in [1.807, 2.05) is 12.1 Å². The molecule has 0 bridgehead atoms. The summed E-state index contributed by atoms with van der Waals surface area (Å²) in [6.07, 6.45) is 4.20. The van der Waals surface area contributed by atoms with E-state index in [1.165, 1.54) is 17.5 Å². The van der Waals surface area contributed by atoms with Crippen molar-refractivity contribution in [3.63, 3.8) is 0 Å². The Morgan fingerprint density at radius 3 is 2.71 bits per heavy atom. The molecule has 1 heterocycles. The molecule has 1 aliphatic carbocycles. The van der Waals surface area contributed by atoms with Gasteiger partial charge in [0.25, 0.3) is 0 Å². The first-order valence-corrected chi connectivity index (χ1v) is 6.33. The summed E-state index contributed by atoms with van der Waals surface area (Å²) in [7, 11) is 0. The first kappa shape index (κ1) is 10.8. The third kappa shape index (κ3) is 2.20. The Balaban J connectivity index is 1.64. The van der Waals surface area contributed by atoms with Gasteiger partial charge in [0.15, 0.2) is 0 Å². The van der Waals surface area contributed by atoms with Crippen LogP contribution in [0.3, 0.4) is 0 Å². The molecule has 1 aromatic rings. The highest BCUT2D eigenvalue weighted by Gasteiger charge is 2.29. The molecule has 0 saturated heterocycles. The first-order valence-electron chi connectivity index (χ1n) is 6.33. The minimum absolute atomic E-state index is 0.0794. The van der Waals surface area contributed by atoms with E-state index in [-0.39, 0.29) is 18.1 Å². The number of esters is 1.